The average molecular weight is 340 g/mol. The van der Waals surface area contributed by atoms with Gasteiger partial charge in [0.05, 0.1) is 0 Å². The minimum absolute atomic E-state index is 0.0997. The molecule has 0 saturated carbocycles. The quantitative estimate of drug-likeness (QED) is 0.624. The van der Waals surface area contributed by atoms with Crippen LogP contribution in [0.4, 0.5) is 11.4 Å². The summed E-state index contributed by atoms with van der Waals surface area (Å²) in [4.78, 5) is 4.05. The molecule has 0 aliphatic rings. The smallest absolute Gasteiger partial charge is 0.179 e. The molecule has 0 aromatic heterocycles. The fourth-order valence-corrected chi connectivity index (χ4v) is 2.37. The largest absolute Gasteiger partial charge is 0.378 e. The lowest BCUT2D eigenvalue weighted by atomic mass is 9.98. The van der Waals surface area contributed by atoms with Gasteiger partial charge in [-0.15, -0.1) is 0 Å². The van der Waals surface area contributed by atoms with E-state index in [4.69, 9.17) is 10.5 Å². The van der Waals surface area contributed by atoms with Crippen molar-refractivity contribution in [2.45, 2.75) is 0 Å². The fourth-order valence-electron chi connectivity index (χ4n) is 2.37. The number of hydrogen-bond donors (Lipinski definition) is 0. The first kappa shape index (κ1) is 18.7. The number of benzene rings is 2. The molecule has 0 radical (unpaired) electrons. The first-order chi connectivity index (χ1) is 12.5. The zero-order chi connectivity index (χ0) is 19.1. The van der Waals surface area contributed by atoms with E-state index in [1.165, 1.54) is 0 Å². The van der Waals surface area contributed by atoms with Crippen molar-refractivity contribution < 1.29 is 0 Å². The highest BCUT2D eigenvalue weighted by Crippen LogP contribution is 2.26. The molecule has 128 valence electrons. The summed E-state index contributed by atoms with van der Waals surface area (Å²) in [6.07, 6.45) is 0. The molecule has 2 aromatic carbocycles. The zero-order valence-electron chi connectivity index (χ0n) is 15.4. The second kappa shape index (κ2) is 8.43. The van der Waals surface area contributed by atoms with Gasteiger partial charge in [-0.05, 0) is 41.1 Å². The Balaban J connectivity index is 2.64. The number of allylic oxidation sites excluding steroid dienone is 1. The Morgan fingerprint density at radius 2 is 1.04 bits per heavy atom. The SMILES string of the molecule is CN(C)c1ccc(C(=C=C=C(C#N)C#N)c2ccc(N(C)C)cc2)cc1. The van der Waals surface area contributed by atoms with Crippen LogP contribution in [0.5, 0.6) is 0 Å². The molecule has 0 amide bonds. The molecule has 2 rings (SSSR count). The molecule has 0 unspecified atom stereocenters. The van der Waals surface area contributed by atoms with Crippen LogP contribution in [0.1, 0.15) is 11.1 Å². The van der Waals surface area contributed by atoms with E-state index in [0.29, 0.717) is 0 Å². The number of rotatable bonds is 4. The summed E-state index contributed by atoms with van der Waals surface area (Å²) in [5, 5.41) is 17.9. The highest BCUT2D eigenvalue weighted by atomic mass is 15.1. The number of nitriles is 2. The number of nitrogens with zero attached hydrogens (tertiary/aromatic N) is 4. The standard InChI is InChI=1S/C22H20N4/c1-25(2)20-10-6-18(7-11-20)22(14-5-17(15-23)16-24)19-8-12-21(13-9-19)26(3)4/h6-13H,1-4H3. The maximum Gasteiger partial charge on any atom is 0.179 e. The zero-order valence-corrected chi connectivity index (χ0v) is 15.4. The van der Waals surface area contributed by atoms with E-state index in [1.54, 1.807) is 0 Å². The van der Waals surface area contributed by atoms with E-state index >= 15 is 0 Å². The summed E-state index contributed by atoms with van der Waals surface area (Å²) in [5.41, 5.74) is 10.4. The highest BCUT2D eigenvalue weighted by Gasteiger charge is 2.06. The lowest BCUT2D eigenvalue weighted by Crippen LogP contribution is -2.08. The fraction of sp³-hybridized carbons (Fsp3) is 0.182. The van der Waals surface area contributed by atoms with Gasteiger partial charge in [-0.25, -0.2) is 0 Å². The predicted octanol–water partition coefficient (Wildman–Crippen LogP) is 3.98. The minimum atomic E-state index is -0.0997. The summed E-state index contributed by atoms with van der Waals surface area (Å²) in [6.45, 7) is 0. The molecule has 0 bridgehead atoms. The molecule has 0 N–H and O–H groups in total. The molecule has 26 heavy (non-hydrogen) atoms. The Morgan fingerprint density at radius 1 is 0.654 bits per heavy atom. The Bertz CT molecular complexity index is 883. The minimum Gasteiger partial charge on any atom is -0.378 e. The molecular weight excluding hydrogens is 320 g/mol. The summed E-state index contributed by atoms with van der Waals surface area (Å²) in [7, 11) is 7.95. The van der Waals surface area contributed by atoms with Crippen LogP contribution in [-0.4, -0.2) is 28.2 Å². The van der Waals surface area contributed by atoms with Crippen molar-refractivity contribution in [3.05, 3.63) is 76.7 Å². The van der Waals surface area contributed by atoms with Crippen LogP contribution in [-0.2, 0) is 0 Å². The third-order valence-corrected chi connectivity index (χ3v) is 3.88. The molecule has 0 heterocycles. The van der Waals surface area contributed by atoms with Crippen molar-refractivity contribution in [3.8, 4) is 12.1 Å². The van der Waals surface area contributed by atoms with Gasteiger partial charge in [0.2, 0.25) is 0 Å². The van der Waals surface area contributed by atoms with Gasteiger partial charge in [-0.1, -0.05) is 30.0 Å². The van der Waals surface area contributed by atoms with Gasteiger partial charge >= 0.3 is 0 Å². The first-order valence-electron chi connectivity index (χ1n) is 8.08. The lowest BCUT2D eigenvalue weighted by Gasteiger charge is -2.15. The average Bonchev–Trinajstić information content (AvgIpc) is 2.66. The van der Waals surface area contributed by atoms with Crippen LogP contribution in [0.15, 0.2) is 65.6 Å². The van der Waals surface area contributed by atoms with Crippen molar-refractivity contribution >= 4 is 16.9 Å². The van der Waals surface area contributed by atoms with Gasteiger partial charge in [0.1, 0.15) is 12.1 Å². The van der Waals surface area contributed by atoms with E-state index in [1.807, 2.05) is 98.7 Å². The van der Waals surface area contributed by atoms with Crippen molar-refractivity contribution in [1.29, 1.82) is 10.5 Å². The molecule has 0 fully saturated rings. The predicted molar refractivity (Wildman–Crippen MR) is 106 cm³/mol. The highest BCUT2D eigenvalue weighted by molar-refractivity contribution is 5.80. The third kappa shape index (κ3) is 4.44. The van der Waals surface area contributed by atoms with Crippen molar-refractivity contribution in [1.82, 2.24) is 0 Å². The van der Waals surface area contributed by atoms with E-state index in [2.05, 4.69) is 11.5 Å². The second-order valence-corrected chi connectivity index (χ2v) is 6.11. The number of hydrogen-bond acceptors (Lipinski definition) is 4. The van der Waals surface area contributed by atoms with Gasteiger partial charge in [0.15, 0.2) is 5.57 Å². The van der Waals surface area contributed by atoms with Crippen molar-refractivity contribution in [2.75, 3.05) is 38.0 Å². The molecule has 0 aliphatic heterocycles. The van der Waals surface area contributed by atoms with Gasteiger partial charge < -0.3 is 9.80 Å². The summed E-state index contributed by atoms with van der Waals surface area (Å²) in [5.74, 6) is 0. The Morgan fingerprint density at radius 3 is 1.35 bits per heavy atom. The summed E-state index contributed by atoms with van der Waals surface area (Å²) in [6, 6.07) is 19.7. The maximum atomic E-state index is 8.94. The molecular formula is C22H20N4. The Kier molecular flexibility index (Phi) is 6.05. The topological polar surface area (TPSA) is 54.1 Å². The summed E-state index contributed by atoms with van der Waals surface area (Å²) < 4.78 is 0. The van der Waals surface area contributed by atoms with Gasteiger partial charge in [-0.3, -0.25) is 0 Å². The number of anilines is 2. The molecule has 4 nitrogen and oxygen atoms in total. The lowest BCUT2D eigenvalue weighted by molar-refractivity contribution is 1.13. The van der Waals surface area contributed by atoms with Crippen LogP contribution < -0.4 is 9.80 Å². The molecule has 0 atom stereocenters. The molecule has 0 aliphatic carbocycles. The van der Waals surface area contributed by atoms with Gasteiger partial charge in [0.25, 0.3) is 0 Å². The maximum absolute atomic E-state index is 8.94. The van der Waals surface area contributed by atoms with E-state index in [0.717, 1.165) is 28.1 Å². The van der Waals surface area contributed by atoms with E-state index in [9.17, 15) is 0 Å². The van der Waals surface area contributed by atoms with Crippen LogP contribution in [0, 0.1) is 22.7 Å². The normalized spacial score (nSPS) is 9.15. The molecule has 0 saturated heterocycles. The van der Waals surface area contributed by atoms with Crippen LogP contribution in [0.2, 0.25) is 0 Å². The van der Waals surface area contributed by atoms with E-state index in [-0.39, 0.29) is 5.57 Å². The molecule has 0 spiro atoms. The molecule has 4 heteroatoms. The second-order valence-electron chi connectivity index (χ2n) is 6.11. The van der Waals surface area contributed by atoms with Crippen LogP contribution >= 0.6 is 0 Å². The van der Waals surface area contributed by atoms with E-state index < -0.39 is 0 Å². The van der Waals surface area contributed by atoms with Gasteiger partial charge in [0, 0.05) is 45.1 Å². The monoisotopic (exact) mass is 340 g/mol. The van der Waals surface area contributed by atoms with Crippen LogP contribution in [0.3, 0.4) is 0 Å². The van der Waals surface area contributed by atoms with Crippen LogP contribution in [0.25, 0.3) is 5.57 Å². The summed E-state index contributed by atoms with van der Waals surface area (Å²) >= 11 is 0. The third-order valence-electron chi connectivity index (χ3n) is 3.88. The first-order valence-corrected chi connectivity index (χ1v) is 8.08. The van der Waals surface area contributed by atoms with Crippen molar-refractivity contribution in [2.24, 2.45) is 0 Å². The van der Waals surface area contributed by atoms with Crippen molar-refractivity contribution in [3.63, 3.8) is 0 Å². The molecule has 2 aromatic rings. The Labute approximate surface area is 154 Å². The Hall–Kier alpha value is -3.68. The van der Waals surface area contributed by atoms with Gasteiger partial charge in [-0.2, -0.15) is 10.5 Å².